The standard InChI is InChI=1S/C12H12N2/c1-10-8-14-12(9-13-10)7-11-5-3-2-4-6-11/h2-6,8-9H,7H2,1H3. The Hall–Kier alpha value is -1.70. The van der Waals surface area contributed by atoms with Crippen LogP contribution >= 0.6 is 0 Å². The number of aromatic nitrogens is 2. The lowest BCUT2D eigenvalue weighted by Crippen LogP contribution is -1.93. The maximum Gasteiger partial charge on any atom is 0.0630 e. The molecule has 1 aromatic heterocycles. The zero-order valence-electron chi connectivity index (χ0n) is 8.14. The van der Waals surface area contributed by atoms with Gasteiger partial charge in [0.25, 0.3) is 0 Å². The van der Waals surface area contributed by atoms with Crippen LogP contribution in [0, 0.1) is 6.92 Å². The van der Waals surface area contributed by atoms with E-state index in [0.29, 0.717) is 0 Å². The molecule has 0 atom stereocenters. The Balaban J connectivity index is 2.16. The molecular formula is C12H12N2. The Morgan fingerprint density at radius 1 is 1.00 bits per heavy atom. The van der Waals surface area contributed by atoms with Crippen molar-refractivity contribution in [2.24, 2.45) is 0 Å². The maximum absolute atomic E-state index is 4.31. The molecule has 70 valence electrons. The van der Waals surface area contributed by atoms with E-state index in [-0.39, 0.29) is 0 Å². The van der Waals surface area contributed by atoms with Crippen LogP contribution in [0.5, 0.6) is 0 Å². The summed E-state index contributed by atoms with van der Waals surface area (Å²) in [5.74, 6) is 0. The Kier molecular flexibility index (Phi) is 2.54. The van der Waals surface area contributed by atoms with Gasteiger partial charge in [0.1, 0.15) is 0 Å². The van der Waals surface area contributed by atoms with Crippen molar-refractivity contribution in [2.45, 2.75) is 13.3 Å². The van der Waals surface area contributed by atoms with Crippen molar-refractivity contribution in [2.75, 3.05) is 0 Å². The van der Waals surface area contributed by atoms with Crippen molar-refractivity contribution in [1.29, 1.82) is 0 Å². The van der Waals surface area contributed by atoms with Crippen LogP contribution in [0.1, 0.15) is 17.0 Å². The first-order valence-corrected chi connectivity index (χ1v) is 4.66. The molecule has 14 heavy (non-hydrogen) atoms. The second kappa shape index (κ2) is 4.01. The first-order valence-electron chi connectivity index (χ1n) is 4.66. The Labute approximate surface area is 83.7 Å². The highest BCUT2D eigenvalue weighted by atomic mass is 14.8. The van der Waals surface area contributed by atoms with Crippen molar-refractivity contribution in [3.8, 4) is 0 Å². The molecule has 0 N–H and O–H groups in total. The summed E-state index contributed by atoms with van der Waals surface area (Å²) in [6.07, 6.45) is 4.49. The van der Waals surface area contributed by atoms with Crippen LogP contribution in [-0.4, -0.2) is 9.97 Å². The van der Waals surface area contributed by atoms with Gasteiger partial charge in [0.15, 0.2) is 0 Å². The van der Waals surface area contributed by atoms with E-state index in [1.165, 1.54) is 5.56 Å². The number of aryl methyl sites for hydroxylation is 1. The predicted octanol–water partition coefficient (Wildman–Crippen LogP) is 2.38. The lowest BCUT2D eigenvalue weighted by molar-refractivity contribution is 1.00. The fourth-order valence-electron chi connectivity index (χ4n) is 1.32. The van der Waals surface area contributed by atoms with Crippen molar-refractivity contribution in [3.05, 3.63) is 59.7 Å². The molecule has 0 aliphatic carbocycles. The molecule has 1 aromatic carbocycles. The highest BCUT2D eigenvalue weighted by Gasteiger charge is 1.96. The van der Waals surface area contributed by atoms with Gasteiger partial charge in [0.2, 0.25) is 0 Å². The lowest BCUT2D eigenvalue weighted by Gasteiger charge is -2.00. The highest BCUT2D eigenvalue weighted by Crippen LogP contribution is 2.05. The highest BCUT2D eigenvalue weighted by molar-refractivity contribution is 5.20. The molecule has 2 rings (SSSR count). The van der Waals surface area contributed by atoms with Gasteiger partial charge in [-0.15, -0.1) is 0 Å². The summed E-state index contributed by atoms with van der Waals surface area (Å²) in [6.45, 7) is 1.94. The van der Waals surface area contributed by atoms with E-state index in [1.54, 1.807) is 6.20 Å². The average Bonchev–Trinajstić information content (AvgIpc) is 2.23. The summed E-state index contributed by atoms with van der Waals surface area (Å²) in [6, 6.07) is 10.3. The summed E-state index contributed by atoms with van der Waals surface area (Å²) in [5, 5.41) is 0. The molecule has 0 unspecified atom stereocenters. The van der Waals surface area contributed by atoms with Gasteiger partial charge in [-0.2, -0.15) is 0 Å². The van der Waals surface area contributed by atoms with Crippen LogP contribution in [0.25, 0.3) is 0 Å². The summed E-state index contributed by atoms with van der Waals surface area (Å²) in [5.41, 5.74) is 3.24. The Morgan fingerprint density at radius 2 is 1.79 bits per heavy atom. The summed E-state index contributed by atoms with van der Waals surface area (Å²) < 4.78 is 0. The van der Waals surface area contributed by atoms with Crippen LogP contribution in [0.3, 0.4) is 0 Å². The summed E-state index contributed by atoms with van der Waals surface area (Å²) in [4.78, 5) is 8.52. The van der Waals surface area contributed by atoms with Gasteiger partial charge >= 0.3 is 0 Å². The number of rotatable bonds is 2. The number of benzene rings is 1. The first-order chi connectivity index (χ1) is 6.84. The van der Waals surface area contributed by atoms with Crippen LogP contribution in [0.4, 0.5) is 0 Å². The molecule has 2 heteroatoms. The van der Waals surface area contributed by atoms with Crippen LogP contribution in [0.2, 0.25) is 0 Å². The van der Waals surface area contributed by atoms with Gasteiger partial charge in [0, 0.05) is 18.8 Å². The van der Waals surface area contributed by atoms with Crippen molar-refractivity contribution in [3.63, 3.8) is 0 Å². The zero-order chi connectivity index (χ0) is 9.80. The van der Waals surface area contributed by atoms with E-state index in [2.05, 4.69) is 22.1 Å². The summed E-state index contributed by atoms with van der Waals surface area (Å²) in [7, 11) is 0. The number of nitrogens with zero attached hydrogens (tertiary/aromatic N) is 2. The fourth-order valence-corrected chi connectivity index (χ4v) is 1.32. The third-order valence-corrected chi connectivity index (χ3v) is 2.06. The topological polar surface area (TPSA) is 25.8 Å². The van der Waals surface area contributed by atoms with E-state index in [9.17, 15) is 0 Å². The van der Waals surface area contributed by atoms with Gasteiger partial charge in [-0.1, -0.05) is 30.3 Å². The Bertz CT molecular complexity index is 392. The number of hydrogen-bond donors (Lipinski definition) is 0. The monoisotopic (exact) mass is 184 g/mol. The minimum Gasteiger partial charge on any atom is -0.258 e. The molecule has 0 spiro atoms. The minimum absolute atomic E-state index is 0.855. The first kappa shape index (κ1) is 8.88. The predicted molar refractivity (Wildman–Crippen MR) is 56.0 cm³/mol. The zero-order valence-corrected chi connectivity index (χ0v) is 8.14. The molecule has 0 saturated carbocycles. The molecule has 0 aliphatic heterocycles. The van der Waals surface area contributed by atoms with Gasteiger partial charge < -0.3 is 0 Å². The maximum atomic E-state index is 4.31. The molecule has 0 fully saturated rings. The normalized spacial score (nSPS) is 10.1. The second-order valence-electron chi connectivity index (χ2n) is 3.31. The molecule has 0 amide bonds. The third kappa shape index (κ3) is 2.16. The van der Waals surface area contributed by atoms with Gasteiger partial charge in [0.05, 0.1) is 11.4 Å². The fraction of sp³-hybridized carbons (Fsp3) is 0.167. The quantitative estimate of drug-likeness (QED) is 0.716. The number of hydrogen-bond acceptors (Lipinski definition) is 2. The van der Waals surface area contributed by atoms with Gasteiger partial charge in [-0.3, -0.25) is 9.97 Å². The van der Waals surface area contributed by atoms with Crippen LogP contribution < -0.4 is 0 Å². The van der Waals surface area contributed by atoms with Gasteiger partial charge in [-0.25, -0.2) is 0 Å². The Morgan fingerprint density at radius 3 is 2.43 bits per heavy atom. The van der Waals surface area contributed by atoms with Crippen LogP contribution in [-0.2, 0) is 6.42 Å². The van der Waals surface area contributed by atoms with Gasteiger partial charge in [-0.05, 0) is 12.5 Å². The smallest absolute Gasteiger partial charge is 0.0630 e. The van der Waals surface area contributed by atoms with Crippen molar-refractivity contribution >= 4 is 0 Å². The minimum atomic E-state index is 0.855. The molecule has 0 radical (unpaired) electrons. The molecule has 2 nitrogen and oxygen atoms in total. The van der Waals surface area contributed by atoms with Crippen LogP contribution in [0.15, 0.2) is 42.7 Å². The molecule has 0 bridgehead atoms. The van der Waals surface area contributed by atoms with E-state index < -0.39 is 0 Å². The SMILES string of the molecule is Cc1cnc(Cc2ccccc2)cn1. The molecule has 2 aromatic rings. The molecule has 0 aliphatic rings. The second-order valence-corrected chi connectivity index (χ2v) is 3.31. The molecule has 0 saturated heterocycles. The largest absolute Gasteiger partial charge is 0.258 e. The van der Waals surface area contributed by atoms with E-state index in [4.69, 9.17) is 0 Å². The van der Waals surface area contributed by atoms with E-state index >= 15 is 0 Å². The van der Waals surface area contributed by atoms with Crippen molar-refractivity contribution in [1.82, 2.24) is 9.97 Å². The molecule has 1 heterocycles. The third-order valence-electron chi connectivity index (χ3n) is 2.06. The summed E-state index contributed by atoms with van der Waals surface area (Å²) >= 11 is 0. The van der Waals surface area contributed by atoms with E-state index in [1.807, 2.05) is 31.3 Å². The molecular weight excluding hydrogens is 172 g/mol. The van der Waals surface area contributed by atoms with Crippen molar-refractivity contribution < 1.29 is 0 Å². The van der Waals surface area contributed by atoms with E-state index in [0.717, 1.165) is 17.8 Å². The average molecular weight is 184 g/mol. The lowest BCUT2D eigenvalue weighted by atomic mass is 10.1.